The lowest BCUT2D eigenvalue weighted by Gasteiger charge is -2.31. The van der Waals surface area contributed by atoms with Crippen LogP contribution in [0.3, 0.4) is 0 Å². The van der Waals surface area contributed by atoms with Crippen molar-refractivity contribution in [3.05, 3.63) is 35.4 Å². The second kappa shape index (κ2) is 7.13. The molecular formula is C18H24N2O3. The molecule has 0 bridgehead atoms. The summed E-state index contributed by atoms with van der Waals surface area (Å²) in [6, 6.07) is 7.97. The predicted octanol–water partition coefficient (Wildman–Crippen LogP) is 1.85. The van der Waals surface area contributed by atoms with Crippen LogP contribution in [0.15, 0.2) is 24.3 Å². The van der Waals surface area contributed by atoms with Gasteiger partial charge in [0.15, 0.2) is 0 Å². The molecule has 5 heteroatoms. The molecule has 1 aliphatic carbocycles. The minimum Gasteiger partial charge on any atom is -0.373 e. The smallest absolute Gasteiger partial charge is 0.223 e. The highest BCUT2D eigenvalue weighted by Gasteiger charge is 2.31. The third-order valence-corrected chi connectivity index (χ3v) is 4.94. The summed E-state index contributed by atoms with van der Waals surface area (Å²) in [6.07, 6.45) is 4.59. The van der Waals surface area contributed by atoms with E-state index in [9.17, 15) is 9.59 Å². The summed E-state index contributed by atoms with van der Waals surface area (Å²) >= 11 is 0. The van der Waals surface area contributed by atoms with Crippen LogP contribution in [0.5, 0.6) is 0 Å². The van der Waals surface area contributed by atoms with Gasteiger partial charge in [-0.05, 0) is 30.4 Å². The van der Waals surface area contributed by atoms with E-state index >= 15 is 0 Å². The Labute approximate surface area is 136 Å². The van der Waals surface area contributed by atoms with Crippen LogP contribution in [0.25, 0.3) is 0 Å². The van der Waals surface area contributed by atoms with Gasteiger partial charge in [0.25, 0.3) is 0 Å². The number of nitrogens with one attached hydrogen (secondary N) is 1. The summed E-state index contributed by atoms with van der Waals surface area (Å²) in [5.41, 5.74) is 7.82. The number of carbonyl (C=O) groups is 2. The molecule has 1 saturated carbocycles. The summed E-state index contributed by atoms with van der Waals surface area (Å²) in [5.74, 6) is -0.619. The van der Waals surface area contributed by atoms with Gasteiger partial charge in [0.05, 0.1) is 25.0 Å². The fraction of sp³-hybridized carbons (Fsp3) is 0.556. The summed E-state index contributed by atoms with van der Waals surface area (Å²) in [6.45, 7) is 0.641. The van der Waals surface area contributed by atoms with E-state index in [-0.39, 0.29) is 29.9 Å². The van der Waals surface area contributed by atoms with Gasteiger partial charge in [-0.15, -0.1) is 0 Å². The van der Waals surface area contributed by atoms with E-state index in [1.807, 2.05) is 18.2 Å². The first-order chi connectivity index (χ1) is 11.1. The highest BCUT2D eigenvalue weighted by molar-refractivity contribution is 5.81. The second-order valence-electron chi connectivity index (χ2n) is 6.48. The number of hydrogen-bond donors (Lipinski definition) is 2. The maximum atomic E-state index is 12.4. The Morgan fingerprint density at radius 3 is 2.83 bits per heavy atom. The summed E-state index contributed by atoms with van der Waals surface area (Å²) in [4.78, 5) is 24.0. The van der Waals surface area contributed by atoms with Crippen molar-refractivity contribution in [3.63, 3.8) is 0 Å². The van der Waals surface area contributed by atoms with Gasteiger partial charge in [0.1, 0.15) is 0 Å². The molecule has 3 atom stereocenters. The zero-order valence-corrected chi connectivity index (χ0v) is 13.3. The predicted molar refractivity (Wildman–Crippen MR) is 86.5 cm³/mol. The molecule has 2 amide bonds. The fourth-order valence-electron chi connectivity index (χ4n) is 3.72. The monoisotopic (exact) mass is 316 g/mol. The first-order valence-electron chi connectivity index (χ1n) is 8.43. The number of hydrogen-bond acceptors (Lipinski definition) is 3. The summed E-state index contributed by atoms with van der Waals surface area (Å²) in [5, 5.41) is 3.01. The number of rotatable bonds is 4. The number of benzene rings is 1. The molecule has 0 spiro atoms. The van der Waals surface area contributed by atoms with Gasteiger partial charge in [-0.3, -0.25) is 9.59 Å². The third kappa shape index (κ3) is 3.72. The molecule has 1 aromatic rings. The lowest BCUT2D eigenvalue weighted by Crippen LogP contribution is -2.47. The number of fused-ring (bicyclic) bond motifs is 1. The van der Waals surface area contributed by atoms with Gasteiger partial charge < -0.3 is 15.8 Å². The topological polar surface area (TPSA) is 81.4 Å². The molecule has 3 rings (SSSR count). The summed E-state index contributed by atoms with van der Waals surface area (Å²) < 4.78 is 5.79. The number of nitrogens with two attached hydrogens (primary N) is 1. The molecule has 23 heavy (non-hydrogen) atoms. The fourth-order valence-corrected chi connectivity index (χ4v) is 3.72. The van der Waals surface area contributed by atoms with E-state index in [1.54, 1.807) is 0 Å². The van der Waals surface area contributed by atoms with E-state index < -0.39 is 0 Å². The van der Waals surface area contributed by atoms with E-state index in [4.69, 9.17) is 10.5 Å². The van der Waals surface area contributed by atoms with E-state index in [2.05, 4.69) is 11.4 Å². The van der Waals surface area contributed by atoms with Crippen molar-refractivity contribution >= 4 is 11.8 Å². The first-order valence-corrected chi connectivity index (χ1v) is 8.43. The Hall–Kier alpha value is -1.88. The van der Waals surface area contributed by atoms with Crippen LogP contribution in [0, 0.1) is 5.92 Å². The van der Waals surface area contributed by atoms with Crippen molar-refractivity contribution < 1.29 is 14.3 Å². The van der Waals surface area contributed by atoms with Crippen LogP contribution in [0.1, 0.15) is 49.3 Å². The molecule has 5 nitrogen and oxygen atoms in total. The van der Waals surface area contributed by atoms with Gasteiger partial charge in [0, 0.05) is 6.04 Å². The number of ether oxygens (including phenoxy) is 1. The van der Waals surface area contributed by atoms with Crippen molar-refractivity contribution in [1.82, 2.24) is 5.32 Å². The zero-order valence-electron chi connectivity index (χ0n) is 13.3. The number of primary amides is 1. The van der Waals surface area contributed by atoms with Crippen LogP contribution in [-0.2, 0) is 20.7 Å². The van der Waals surface area contributed by atoms with Crippen molar-refractivity contribution in [2.75, 3.05) is 6.61 Å². The van der Waals surface area contributed by atoms with Crippen LogP contribution < -0.4 is 11.1 Å². The highest BCUT2D eigenvalue weighted by atomic mass is 16.5. The summed E-state index contributed by atoms with van der Waals surface area (Å²) in [7, 11) is 0. The first kappa shape index (κ1) is 16.0. The molecule has 0 saturated heterocycles. The van der Waals surface area contributed by atoms with E-state index in [0.29, 0.717) is 13.0 Å². The molecule has 0 aromatic heterocycles. The van der Waals surface area contributed by atoms with Gasteiger partial charge in [-0.1, -0.05) is 37.1 Å². The van der Waals surface area contributed by atoms with Crippen LogP contribution in [0.2, 0.25) is 0 Å². The van der Waals surface area contributed by atoms with Crippen molar-refractivity contribution in [3.8, 4) is 0 Å². The standard InChI is InChI=1S/C18H24N2O3/c19-18(22)14-7-3-4-8-15(14)20-17(21)11-16-13-6-2-1-5-12(13)9-10-23-16/h1-2,5-6,14-16H,3-4,7-11H2,(H2,19,22)(H,20,21)/t14-,15-,16-/m1/s1. The largest absolute Gasteiger partial charge is 0.373 e. The van der Waals surface area contributed by atoms with Gasteiger partial charge in [0.2, 0.25) is 11.8 Å². The van der Waals surface area contributed by atoms with Crippen molar-refractivity contribution in [2.24, 2.45) is 11.7 Å². The van der Waals surface area contributed by atoms with Crippen LogP contribution in [-0.4, -0.2) is 24.5 Å². The number of carbonyl (C=O) groups excluding carboxylic acids is 2. The van der Waals surface area contributed by atoms with Crippen molar-refractivity contribution in [1.29, 1.82) is 0 Å². The minimum atomic E-state index is -0.311. The molecule has 2 aliphatic rings. The zero-order chi connectivity index (χ0) is 16.2. The SMILES string of the molecule is NC(=O)[C@@H]1CCCC[C@H]1NC(=O)C[C@H]1OCCc2ccccc21. The molecule has 1 heterocycles. The minimum absolute atomic E-state index is 0.0650. The molecule has 0 unspecified atom stereocenters. The molecular weight excluding hydrogens is 292 g/mol. The molecule has 124 valence electrons. The Kier molecular flexibility index (Phi) is 4.96. The quantitative estimate of drug-likeness (QED) is 0.889. The van der Waals surface area contributed by atoms with Crippen LogP contribution in [0.4, 0.5) is 0 Å². The van der Waals surface area contributed by atoms with Crippen molar-refractivity contribution in [2.45, 2.75) is 50.7 Å². The average molecular weight is 316 g/mol. The third-order valence-electron chi connectivity index (χ3n) is 4.94. The van der Waals surface area contributed by atoms with Gasteiger partial charge >= 0.3 is 0 Å². The van der Waals surface area contributed by atoms with E-state index in [0.717, 1.165) is 37.7 Å². The van der Waals surface area contributed by atoms with Gasteiger partial charge in [-0.25, -0.2) is 0 Å². The Morgan fingerprint density at radius 2 is 2.00 bits per heavy atom. The highest BCUT2D eigenvalue weighted by Crippen LogP contribution is 2.30. The molecule has 3 N–H and O–H groups in total. The normalized spacial score (nSPS) is 27.0. The van der Waals surface area contributed by atoms with Gasteiger partial charge in [-0.2, -0.15) is 0 Å². The Bertz CT molecular complexity index is 587. The van der Waals surface area contributed by atoms with E-state index in [1.165, 1.54) is 5.56 Å². The molecule has 1 aliphatic heterocycles. The Balaban J connectivity index is 1.62. The van der Waals surface area contributed by atoms with Crippen LogP contribution >= 0.6 is 0 Å². The average Bonchev–Trinajstić information content (AvgIpc) is 2.55. The Morgan fingerprint density at radius 1 is 1.22 bits per heavy atom. The maximum absolute atomic E-state index is 12.4. The molecule has 1 aromatic carbocycles. The maximum Gasteiger partial charge on any atom is 0.223 e. The lowest BCUT2D eigenvalue weighted by atomic mass is 9.84. The number of amides is 2. The second-order valence-corrected chi connectivity index (χ2v) is 6.48. The molecule has 0 radical (unpaired) electrons. The molecule has 1 fully saturated rings. The lowest BCUT2D eigenvalue weighted by molar-refractivity contribution is -0.127.